The molecule has 0 fully saturated rings. The number of aryl methyl sites for hydroxylation is 1. The molecule has 1 aliphatic heterocycles. The van der Waals surface area contributed by atoms with Crippen LogP contribution in [-0.2, 0) is 28.9 Å². The van der Waals surface area contributed by atoms with E-state index in [1.165, 1.54) is 12.1 Å². The van der Waals surface area contributed by atoms with Gasteiger partial charge in [0.15, 0.2) is 0 Å². The van der Waals surface area contributed by atoms with E-state index in [4.69, 9.17) is 21.1 Å². The molecule has 33 heavy (non-hydrogen) atoms. The van der Waals surface area contributed by atoms with Crippen molar-refractivity contribution < 1.29 is 27.4 Å². The molecule has 2 aromatic carbocycles. The second-order valence-corrected chi connectivity index (χ2v) is 9.73. The zero-order valence-corrected chi connectivity index (χ0v) is 19.4. The minimum Gasteiger partial charge on any atom is -0.489 e. The SMILES string of the molecule is CC(C)(C)OC(=O)CC1CCn2c1cc1cc(OCc3ccc(Cl)c(C(F)(F)F)c3)ccc12. The number of aromatic nitrogens is 1. The summed E-state index contributed by atoms with van der Waals surface area (Å²) < 4.78 is 52.7. The van der Waals surface area contributed by atoms with Crippen molar-refractivity contribution in [2.45, 2.75) is 64.5 Å². The molecule has 0 aliphatic carbocycles. The van der Waals surface area contributed by atoms with Crippen molar-refractivity contribution in [3.63, 3.8) is 0 Å². The number of halogens is 4. The normalized spacial score (nSPS) is 16.2. The number of ether oxygens (including phenoxy) is 2. The highest BCUT2D eigenvalue weighted by Crippen LogP contribution is 2.38. The summed E-state index contributed by atoms with van der Waals surface area (Å²) in [6, 6.07) is 11.4. The number of fused-ring (bicyclic) bond motifs is 3. The van der Waals surface area contributed by atoms with Crippen LogP contribution in [0.1, 0.15) is 56.4 Å². The van der Waals surface area contributed by atoms with Gasteiger partial charge < -0.3 is 14.0 Å². The second kappa shape index (κ2) is 8.60. The van der Waals surface area contributed by atoms with Crippen molar-refractivity contribution in [1.29, 1.82) is 0 Å². The lowest BCUT2D eigenvalue weighted by molar-refractivity contribution is -0.155. The summed E-state index contributed by atoms with van der Waals surface area (Å²) in [4.78, 5) is 12.3. The number of carbonyl (C=O) groups excluding carboxylic acids is 1. The molecule has 0 radical (unpaired) electrons. The summed E-state index contributed by atoms with van der Waals surface area (Å²) in [6.45, 7) is 6.36. The highest BCUT2D eigenvalue weighted by molar-refractivity contribution is 6.31. The molecule has 0 amide bonds. The fourth-order valence-corrected chi connectivity index (χ4v) is 4.44. The third-order valence-electron chi connectivity index (χ3n) is 5.60. The minimum absolute atomic E-state index is 0.0133. The molecule has 0 saturated carbocycles. The number of nitrogens with zero attached hydrogens (tertiary/aromatic N) is 1. The Morgan fingerprint density at radius 3 is 2.58 bits per heavy atom. The number of benzene rings is 2. The van der Waals surface area contributed by atoms with Crippen LogP contribution >= 0.6 is 11.6 Å². The Morgan fingerprint density at radius 1 is 1.12 bits per heavy atom. The smallest absolute Gasteiger partial charge is 0.417 e. The number of hydrogen-bond donors (Lipinski definition) is 0. The largest absolute Gasteiger partial charge is 0.489 e. The van der Waals surface area contributed by atoms with Gasteiger partial charge in [-0.15, -0.1) is 0 Å². The van der Waals surface area contributed by atoms with Gasteiger partial charge in [-0.25, -0.2) is 0 Å². The van der Waals surface area contributed by atoms with Crippen LogP contribution in [0.15, 0.2) is 42.5 Å². The quantitative estimate of drug-likeness (QED) is 0.366. The lowest BCUT2D eigenvalue weighted by atomic mass is 10.00. The lowest BCUT2D eigenvalue weighted by Crippen LogP contribution is -2.24. The van der Waals surface area contributed by atoms with Gasteiger partial charge in [-0.1, -0.05) is 17.7 Å². The molecule has 0 saturated heterocycles. The highest BCUT2D eigenvalue weighted by Gasteiger charge is 2.33. The minimum atomic E-state index is -4.52. The van der Waals surface area contributed by atoms with Crippen LogP contribution < -0.4 is 4.74 Å². The zero-order valence-electron chi connectivity index (χ0n) is 18.6. The van der Waals surface area contributed by atoms with E-state index in [1.807, 2.05) is 39.0 Å². The summed E-state index contributed by atoms with van der Waals surface area (Å²) in [5, 5.41) is 0.625. The van der Waals surface area contributed by atoms with Gasteiger partial charge in [-0.2, -0.15) is 13.2 Å². The van der Waals surface area contributed by atoms with Gasteiger partial charge in [0.2, 0.25) is 0 Å². The predicted octanol–water partition coefficient (Wildman–Crippen LogP) is 7.11. The van der Waals surface area contributed by atoms with Gasteiger partial charge in [-0.3, -0.25) is 4.79 Å². The zero-order chi connectivity index (χ0) is 24.0. The van der Waals surface area contributed by atoms with E-state index in [9.17, 15) is 18.0 Å². The van der Waals surface area contributed by atoms with E-state index >= 15 is 0 Å². The van der Waals surface area contributed by atoms with E-state index in [1.54, 1.807) is 6.07 Å². The molecular weight excluding hydrogens is 455 g/mol. The predicted molar refractivity (Wildman–Crippen MR) is 121 cm³/mol. The molecule has 0 N–H and O–H groups in total. The Hall–Kier alpha value is -2.67. The standard InChI is InChI=1S/C25H25ClF3NO3/c1-24(2,3)33-23(31)13-16-8-9-30-21-7-5-18(11-17(21)12-22(16)30)32-14-15-4-6-20(26)19(10-15)25(27,28)29/h4-7,10-12,16H,8-9,13-14H2,1-3H3. The Labute approximate surface area is 195 Å². The topological polar surface area (TPSA) is 40.5 Å². The molecule has 3 aromatic rings. The number of rotatable bonds is 5. The summed E-state index contributed by atoms with van der Waals surface area (Å²) >= 11 is 5.68. The van der Waals surface area contributed by atoms with Gasteiger partial charge in [0, 0.05) is 29.1 Å². The lowest BCUT2D eigenvalue weighted by Gasteiger charge is -2.20. The van der Waals surface area contributed by atoms with Crippen molar-refractivity contribution in [2.75, 3.05) is 0 Å². The average Bonchev–Trinajstić information content (AvgIpc) is 3.24. The molecule has 0 spiro atoms. The first-order chi connectivity index (χ1) is 15.4. The first kappa shape index (κ1) is 23.5. The van der Waals surface area contributed by atoms with E-state index in [2.05, 4.69) is 4.57 Å². The third-order valence-corrected chi connectivity index (χ3v) is 5.93. The fourth-order valence-electron chi connectivity index (χ4n) is 4.22. The fraction of sp³-hybridized carbons (Fsp3) is 0.400. The molecule has 8 heteroatoms. The Balaban J connectivity index is 1.48. The third kappa shape index (κ3) is 5.29. The van der Waals surface area contributed by atoms with Crippen LogP contribution in [0.25, 0.3) is 10.9 Å². The monoisotopic (exact) mass is 479 g/mol. The van der Waals surface area contributed by atoms with Crippen molar-refractivity contribution in [1.82, 2.24) is 4.57 Å². The Kier molecular flexibility index (Phi) is 6.12. The van der Waals surface area contributed by atoms with E-state index in [0.29, 0.717) is 17.7 Å². The Bertz CT molecular complexity index is 1190. The first-order valence-corrected chi connectivity index (χ1v) is 11.1. The van der Waals surface area contributed by atoms with Crippen molar-refractivity contribution in [3.8, 4) is 5.75 Å². The van der Waals surface area contributed by atoms with Crippen LogP contribution in [-0.4, -0.2) is 16.1 Å². The maximum atomic E-state index is 13.1. The number of hydrogen-bond acceptors (Lipinski definition) is 3. The van der Waals surface area contributed by atoms with Crippen LogP contribution in [0.5, 0.6) is 5.75 Å². The first-order valence-electron chi connectivity index (χ1n) is 10.7. The summed E-state index contributed by atoms with van der Waals surface area (Å²) in [6.07, 6.45) is -3.31. The molecule has 1 aromatic heterocycles. The van der Waals surface area contributed by atoms with Crippen LogP contribution in [0, 0.1) is 0 Å². The molecule has 0 bridgehead atoms. The van der Waals surface area contributed by atoms with E-state index in [0.717, 1.165) is 35.6 Å². The number of alkyl halides is 3. The maximum absolute atomic E-state index is 13.1. The van der Waals surface area contributed by atoms with Gasteiger partial charge in [0.25, 0.3) is 0 Å². The average molecular weight is 480 g/mol. The summed E-state index contributed by atoms with van der Waals surface area (Å²) in [5.41, 5.74) is 1.11. The number of esters is 1. The molecule has 176 valence electrons. The van der Waals surface area contributed by atoms with Crippen molar-refractivity contribution in [3.05, 3.63) is 64.3 Å². The van der Waals surface area contributed by atoms with E-state index in [-0.39, 0.29) is 23.5 Å². The Morgan fingerprint density at radius 2 is 1.88 bits per heavy atom. The summed E-state index contributed by atoms with van der Waals surface area (Å²) in [7, 11) is 0. The molecule has 1 atom stereocenters. The van der Waals surface area contributed by atoms with E-state index < -0.39 is 17.3 Å². The molecule has 1 unspecified atom stereocenters. The molecule has 2 heterocycles. The summed E-state index contributed by atoms with van der Waals surface area (Å²) in [5.74, 6) is 0.432. The number of carbonyl (C=O) groups is 1. The van der Waals surface area contributed by atoms with Gasteiger partial charge in [0.05, 0.1) is 17.0 Å². The van der Waals surface area contributed by atoms with Crippen LogP contribution in [0.2, 0.25) is 5.02 Å². The van der Waals surface area contributed by atoms with Crippen LogP contribution in [0.4, 0.5) is 13.2 Å². The maximum Gasteiger partial charge on any atom is 0.417 e. The molecule has 1 aliphatic rings. The van der Waals surface area contributed by atoms with Crippen molar-refractivity contribution in [2.24, 2.45) is 0 Å². The van der Waals surface area contributed by atoms with Gasteiger partial charge in [-0.05, 0) is 69.2 Å². The van der Waals surface area contributed by atoms with Crippen LogP contribution in [0.3, 0.4) is 0 Å². The highest BCUT2D eigenvalue weighted by atomic mass is 35.5. The molecular formula is C25H25ClF3NO3. The molecule has 4 nitrogen and oxygen atoms in total. The second-order valence-electron chi connectivity index (χ2n) is 9.32. The van der Waals surface area contributed by atoms with Crippen molar-refractivity contribution >= 4 is 28.5 Å². The molecule has 4 rings (SSSR count). The van der Waals surface area contributed by atoms with Gasteiger partial charge in [0.1, 0.15) is 18.0 Å². The van der Waals surface area contributed by atoms with Gasteiger partial charge >= 0.3 is 12.1 Å².